The summed E-state index contributed by atoms with van der Waals surface area (Å²) in [6.45, 7) is 3.47. The van der Waals surface area contributed by atoms with Gasteiger partial charge in [0, 0.05) is 45.3 Å². The van der Waals surface area contributed by atoms with Crippen LogP contribution in [0.25, 0.3) is 0 Å². The monoisotopic (exact) mass is 399 g/mol. The second-order valence-electron chi connectivity index (χ2n) is 6.52. The van der Waals surface area contributed by atoms with Crippen molar-refractivity contribution in [3.8, 4) is 0 Å². The number of benzene rings is 1. The largest absolute Gasteiger partial charge is 0.330 e. The van der Waals surface area contributed by atoms with Crippen LogP contribution in [0.4, 0.5) is 0 Å². The fourth-order valence-corrected chi connectivity index (χ4v) is 4.42. The van der Waals surface area contributed by atoms with Crippen molar-refractivity contribution in [1.29, 1.82) is 0 Å². The average molecular weight is 400 g/mol. The van der Waals surface area contributed by atoms with Gasteiger partial charge in [-0.1, -0.05) is 30.3 Å². The van der Waals surface area contributed by atoms with Crippen molar-refractivity contribution in [2.24, 2.45) is 18.7 Å². The van der Waals surface area contributed by atoms with Crippen molar-refractivity contribution in [3.05, 3.63) is 48.3 Å². The number of sulfonamides is 1. The predicted molar refractivity (Wildman–Crippen MR) is 104 cm³/mol. The Kier molecular flexibility index (Phi) is 7.19. The summed E-state index contributed by atoms with van der Waals surface area (Å²) < 4.78 is 28.6. The summed E-state index contributed by atoms with van der Waals surface area (Å²) in [6, 6.07) is 10.4. The highest BCUT2D eigenvalue weighted by atomic mass is 35.5. The molecule has 0 bridgehead atoms. The van der Waals surface area contributed by atoms with Crippen LogP contribution in [0, 0.1) is 5.92 Å². The van der Waals surface area contributed by atoms with Gasteiger partial charge in [-0.3, -0.25) is 4.68 Å². The van der Waals surface area contributed by atoms with Gasteiger partial charge >= 0.3 is 0 Å². The first kappa shape index (κ1) is 20.9. The van der Waals surface area contributed by atoms with Gasteiger partial charge in [-0.15, -0.1) is 12.4 Å². The van der Waals surface area contributed by atoms with Gasteiger partial charge in [0.25, 0.3) is 0 Å². The lowest BCUT2D eigenvalue weighted by Gasteiger charge is -2.17. The number of nitrogens with one attached hydrogen (secondary N) is 1. The molecule has 1 aromatic carbocycles. The number of halogens is 1. The summed E-state index contributed by atoms with van der Waals surface area (Å²) in [6.07, 6.45) is 2.85. The molecule has 0 amide bonds. The van der Waals surface area contributed by atoms with E-state index in [1.165, 1.54) is 22.6 Å². The van der Waals surface area contributed by atoms with Gasteiger partial charge in [-0.2, -0.15) is 5.10 Å². The molecule has 26 heavy (non-hydrogen) atoms. The van der Waals surface area contributed by atoms with Gasteiger partial charge in [0.1, 0.15) is 4.90 Å². The third-order valence-electron chi connectivity index (χ3n) is 4.76. The van der Waals surface area contributed by atoms with Crippen molar-refractivity contribution in [2.75, 3.05) is 32.7 Å². The molecular weight excluding hydrogens is 374 g/mol. The van der Waals surface area contributed by atoms with E-state index in [9.17, 15) is 8.42 Å². The predicted octanol–water partition coefficient (Wildman–Crippen LogP) is 0.795. The molecule has 0 saturated carbocycles. The number of aromatic nitrogens is 2. The van der Waals surface area contributed by atoms with Crippen molar-refractivity contribution >= 4 is 22.4 Å². The molecule has 0 spiro atoms. The highest BCUT2D eigenvalue weighted by Crippen LogP contribution is 2.31. The van der Waals surface area contributed by atoms with Crippen LogP contribution < -0.4 is 10.5 Å². The van der Waals surface area contributed by atoms with Crippen LogP contribution in [0.15, 0.2) is 47.6 Å². The maximum Gasteiger partial charge on any atom is 0.243 e. The van der Waals surface area contributed by atoms with Crippen LogP contribution in [-0.2, 0) is 17.1 Å². The summed E-state index contributed by atoms with van der Waals surface area (Å²) in [4.78, 5) is 2.47. The van der Waals surface area contributed by atoms with Crippen LogP contribution in [0.3, 0.4) is 0 Å². The molecule has 3 N–H and O–H groups in total. The lowest BCUT2D eigenvalue weighted by molar-refractivity contribution is 0.329. The third-order valence-corrected chi connectivity index (χ3v) is 6.17. The van der Waals surface area contributed by atoms with Gasteiger partial charge in [-0.05, 0) is 18.0 Å². The van der Waals surface area contributed by atoms with Gasteiger partial charge < -0.3 is 10.6 Å². The van der Waals surface area contributed by atoms with E-state index in [4.69, 9.17) is 5.73 Å². The van der Waals surface area contributed by atoms with Gasteiger partial charge in [0.15, 0.2) is 0 Å². The van der Waals surface area contributed by atoms with E-state index >= 15 is 0 Å². The average Bonchev–Trinajstić information content (AvgIpc) is 3.22. The highest BCUT2D eigenvalue weighted by Gasteiger charge is 2.32. The second kappa shape index (κ2) is 8.96. The summed E-state index contributed by atoms with van der Waals surface area (Å²) in [5.41, 5.74) is 7.25. The first-order chi connectivity index (χ1) is 12.0. The zero-order valence-corrected chi connectivity index (χ0v) is 16.4. The van der Waals surface area contributed by atoms with E-state index in [0.29, 0.717) is 31.5 Å². The Balaban J connectivity index is 0.00000243. The Bertz CT molecular complexity index is 796. The number of nitrogens with two attached hydrogens (primary N) is 1. The van der Waals surface area contributed by atoms with Gasteiger partial charge in [0.05, 0.1) is 6.20 Å². The molecule has 3 rings (SSSR count). The van der Waals surface area contributed by atoms with E-state index < -0.39 is 10.0 Å². The molecular formula is C17H26ClN5O2S. The smallest absolute Gasteiger partial charge is 0.243 e. The zero-order valence-electron chi connectivity index (χ0n) is 14.8. The van der Waals surface area contributed by atoms with Crippen LogP contribution in [-0.4, -0.2) is 55.8 Å². The lowest BCUT2D eigenvalue weighted by Crippen LogP contribution is -2.34. The van der Waals surface area contributed by atoms with Crippen LogP contribution in [0.5, 0.6) is 0 Å². The van der Waals surface area contributed by atoms with Crippen molar-refractivity contribution < 1.29 is 8.42 Å². The molecule has 144 valence electrons. The molecule has 1 fully saturated rings. The second-order valence-corrected chi connectivity index (χ2v) is 8.29. The number of likely N-dealkylation sites (tertiary alicyclic amines) is 1. The number of hydrogen-bond acceptors (Lipinski definition) is 5. The molecule has 0 aliphatic carbocycles. The number of hydrogen-bond donors (Lipinski definition) is 2. The van der Waals surface area contributed by atoms with Gasteiger partial charge in [-0.25, -0.2) is 13.1 Å². The van der Waals surface area contributed by atoms with E-state index in [1.807, 2.05) is 18.2 Å². The van der Waals surface area contributed by atoms with Crippen molar-refractivity contribution in [2.45, 2.75) is 10.8 Å². The van der Waals surface area contributed by atoms with Crippen LogP contribution >= 0.6 is 12.4 Å². The van der Waals surface area contributed by atoms with Crippen LogP contribution in [0.2, 0.25) is 0 Å². The maximum absolute atomic E-state index is 12.2. The topological polar surface area (TPSA) is 93.2 Å². The number of aryl methyl sites for hydroxylation is 1. The molecule has 2 heterocycles. The van der Waals surface area contributed by atoms with Gasteiger partial charge in [0.2, 0.25) is 10.0 Å². The molecule has 2 atom stereocenters. The Labute approximate surface area is 161 Å². The minimum absolute atomic E-state index is 0. The molecule has 1 aliphatic rings. The number of nitrogens with zero attached hydrogens (tertiary/aromatic N) is 3. The normalized spacial score (nSPS) is 20.8. The molecule has 1 aliphatic heterocycles. The first-order valence-electron chi connectivity index (χ1n) is 8.45. The maximum atomic E-state index is 12.2. The summed E-state index contributed by atoms with van der Waals surface area (Å²) >= 11 is 0. The third kappa shape index (κ3) is 4.83. The Hall–Kier alpha value is -1.45. The summed E-state index contributed by atoms with van der Waals surface area (Å²) in [5.74, 6) is 0.804. The molecule has 2 aromatic rings. The molecule has 0 radical (unpaired) electrons. The van der Waals surface area contributed by atoms with Crippen molar-refractivity contribution in [3.63, 3.8) is 0 Å². The minimum atomic E-state index is -3.50. The molecule has 7 nitrogen and oxygen atoms in total. The van der Waals surface area contributed by atoms with Crippen molar-refractivity contribution in [1.82, 2.24) is 19.4 Å². The zero-order chi connectivity index (χ0) is 17.9. The Morgan fingerprint density at radius 2 is 2.00 bits per heavy atom. The Morgan fingerprint density at radius 1 is 1.27 bits per heavy atom. The molecule has 1 saturated heterocycles. The summed E-state index contributed by atoms with van der Waals surface area (Å²) in [5, 5.41) is 3.91. The van der Waals surface area contributed by atoms with E-state index in [2.05, 4.69) is 26.9 Å². The summed E-state index contributed by atoms with van der Waals surface area (Å²) in [7, 11) is -1.81. The lowest BCUT2D eigenvalue weighted by atomic mass is 9.89. The van der Waals surface area contributed by atoms with E-state index in [1.54, 1.807) is 7.05 Å². The Morgan fingerprint density at radius 3 is 2.62 bits per heavy atom. The van der Waals surface area contributed by atoms with E-state index in [0.717, 1.165) is 13.1 Å². The first-order valence-corrected chi connectivity index (χ1v) is 9.93. The SMILES string of the molecule is Cl.Cn1cc(S(=O)(=O)NCCN2C[C@@H](CN)[C@H](c3ccccc3)C2)cn1. The standard InChI is InChI=1S/C17H25N5O2S.ClH/c1-21-12-16(10-19-21)25(23,24)20-7-8-22-11-15(9-18)17(13-22)14-5-3-2-4-6-14;/h2-6,10,12,15,17,20H,7-9,11,13,18H2,1H3;1H/t15-,17+;/m1./s1. The minimum Gasteiger partial charge on any atom is -0.330 e. The molecule has 0 unspecified atom stereocenters. The molecule has 9 heteroatoms. The van der Waals surface area contributed by atoms with E-state index in [-0.39, 0.29) is 17.3 Å². The fourth-order valence-electron chi connectivity index (χ4n) is 3.42. The quantitative estimate of drug-likeness (QED) is 0.718. The molecule has 1 aromatic heterocycles. The van der Waals surface area contributed by atoms with Crippen LogP contribution in [0.1, 0.15) is 11.5 Å². The highest BCUT2D eigenvalue weighted by molar-refractivity contribution is 7.89. The number of rotatable bonds is 7. The fraction of sp³-hybridized carbons (Fsp3) is 0.471.